The van der Waals surface area contributed by atoms with Gasteiger partial charge >= 0.3 is 0 Å². The van der Waals surface area contributed by atoms with Crippen molar-refractivity contribution >= 4 is 23.2 Å². The standard InChI is InChI=1S/C20H23N3O5/c1-13(28-17-10-8-16(9-11-17)23(26)27)18(24)21-15-7-5-6-14(12-15)19(25)22-20(2,3)4/h5-13H,1-4H3,(H,21,24)(H,22,25). The molecule has 0 fully saturated rings. The maximum atomic E-state index is 12.4. The first-order valence-corrected chi connectivity index (χ1v) is 8.70. The van der Waals surface area contributed by atoms with Crippen molar-refractivity contribution in [1.82, 2.24) is 5.32 Å². The summed E-state index contributed by atoms with van der Waals surface area (Å²) in [6, 6.07) is 12.1. The molecule has 0 saturated carbocycles. The maximum Gasteiger partial charge on any atom is 0.269 e. The van der Waals surface area contributed by atoms with Gasteiger partial charge in [-0.25, -0.2) is 0 Å². The van der Waals surface area contributed by atoms with Crippen LogP contribution in [0.5, 0.6) is 5.75 Å². The lowest BCUT2D eigenvalue weighted by Gasteiger charge is -2.20. The van der Waals surface area contributed by atoms with Crippen LogP contribution in [0.2, 0.25) is 0 Å². The minimum atomic E-state index is -0.839. The summed E-state index contributed by atoms with van der Waals surface area (Å²) in [4.78, 5) is 34.8. The van der Waals surface area contributed by atoms with E-state index in [9.17, 15) is 19.7 Å². The smallest absolute Gasteiger partial charge is 0.269 e. The van der Waals surface area contributed by atoms with Gasteiger partial charge in [0, 0.05) is 28.9 Å². The highest BCUT2D eigenvalue weighted by atomic mass is 16.6. The first-order chi connectivity index (χ1) is 13.0. The van der Waals surface area contributed by atoms with Gasteiger partial charge in [0.25, 0.3) is 17.5 Å². The van der Waals surface area contributed by atoms with Gasteiger partial charge < -0.3 is 15.4 Å². The molecule has 1 unspecified atom stereocenters. The number of nitro benzene ring substituents is 1. The number of nitrogens with zero attached hydrogens (tertiary/aromatic N) is 1. The highest BCUT2D eigenvalue weighted by molar-refractivity contribution is 5.98. The molecule has 8 heteroatoms. The van der Waals surface area contributed by atoms with Gasteiger partial charge in [-0.1, -0.05) is 6.07 Å². The Bertz CT molecular complexity index is 872. The van der Waals surface area contributed by atoms with E-state index < -0.39 is 16.9 Å². The summed E-state index contributed by atoms with van der Waals surface area (Å²) in [5.74, 6) is -0.308. The second-order valence-electron chi connectivity index (χ2n) is 7.29. The van der Waals surface area contributed by atoms with Crippen LogP contribution in [0, 0.1) is 10.1 Å². The fourth-order valence-corrected chi connectivity index (χ4v) is 2.30. The van der Waals surface area contributed by atoms with E-state index >= 15 is 0 Å². The molecule has 0 aliphatic heterocycles. The molecular weight excluding hydrogens is 362 g/mol. The minimum absolute atomic E-state index is 0.0604. The molecule has 0 bridgehead atoms. The van der Waals surface area contributed by atoms with E-state index in [1.54, 1.807) is 31.2 Å². The van der Waals surface area contributed by atoms with Crippen LogP contribution in [0.1, 0.15) is 38.1 Å². The number of anilines is 1. The number of carbonyl (C=O) groups is 2. The Morgan fingerprint density at radius 2 is 1.75 bits per heavy atom. The van der Waals surface area contributed by atoms with E-state index in [-0.39, 0.29) is 17.1 Å². The Morgan fingerprint density at radius 3 is 2.32 bits per heavy atom. The predicted molar refractivity (Wildman–Crippen MR) is 105 cm³/mol. The molecule has 0 aliphatic rings. The first kappa shape index (κ1) is 20.9. The lowest BCUT2D eigenvalue weighted by molar-refractivity contribution is -0.384. The second kappa shape index (κ2) is 8.51. The molecule has 0 radical (unpaired) electrons. The third-order valence-corrected chi connectivity index (χ3v) is 3.61. The van der Waals surface area contributed by atoms with Gasteiger partial charge in [0.05, 0.1) is 4.92 Å². The van der Waals surface area contributed by atoms with Crippen molar-refractivity contribution in [2.45, 2.75) is 39.3 Å². The van der Waals surface area contributed by atoms with E-state index in [0.717, 1.165) is 0 Å². The topological polar surface area (TPSA) is 111 Å². The third kappa shape index (κ3) is 6.08. The number of nitrogens with one attached hydrogen (secondary N) is 2. The van der Waals surface area contributed by atoms with E-state index in [1.165, 1.54) is 24.3 Å². The molecule has 0 aromatic heterocycles. The average molecular weight is 385 g/mol. The second-order valence-corrected chi connectivity index (χ2v) is 7.29. The van der Waals surface area contributed by atoms with Crippen LogP contribution in [0.4, 0.5) is 11.4 Å². The van der Waals surface area contributed by atoms with Crippen LogP contribution in [0.3, 0.4) is 0 Å². The number of ether oxygens (including phenoxy) is 1. The summed E-state index contributed by atoms with van der Waals surface area (Å²) in [6.07, 6.45) is -0.839. The van der Waals surface area contributed by atoms with Crippen LogP contribution < -0.4 is 15.4 Å². The van der Waals surface area contributed by atoms with Crippen molar-refractivity contribution in [2.24, 2.45) is 0 Å². The van der Waals surface area contributed by atoms with Gasteiger partial charge in [-0.05, 0) is 58.0 Å². The van der Waals surface area contributed by atoms with Crippen LogP contribution in [-0.2, 0) is 4.79 Å². The normalized spacial score (nSPS) is 12.0. The SMILES string of the molecule is CC(Oc1ccc([N+](=O)[O-])cc1)C(=O)Nc1cccc(C(=O)NC(C)(C)C)c1. The average Bonchev–Trinajstić information content (AvgIpc) is 2.61. The summed E-state index contributed by atoms with van der Waals surface area (Å²) >= 11 is 0. The van der Waals surface area contributed by atoms with Crippen molar-refractivity contribution < 1.29 is 19.2 Å². The molecule has 148 valence electrons. The summed E-state index contributed by atoms with van der Waals surface area (Å²) in [5, 5.41) is 16.2. The molecule has 1 atom stereocenters. The van der Waals surface area contributed by atoms with E-state index in [4.69, 9.17) is 4.74 Å². The van der Waals surface area contributed by atoms with Gasteiger partial charge in [-0.3, -0.25) is 19.7 Å². The molecule has 2 N–H and O–H groups in total. The van der Waals surface area contributed by atoms with E-state index in [1.807, 2.05) is 20.8 Å². The number of amides is 2. The first-order valence-electron chi connectivity index (χ1n) is 8.70. The van der Waals surface area contributed by atoms with Crippen molar-refractivity contribution in [2.75, 3.05) is 5.32 Å². The predicted octanol–water partition coefficient (Wildman–Crippen LogP) is 3.53. The number of hydrogen-bond acceptors (Lipinski definition) is 5. The zero-order chi connectivity index (χ0) is 20.9. The molecule has 28 heavy (non-hydrogen) atoms. The Kier molecular flexibility index (Phi) is 6.35. The summed E-state index contributed by atoms with van der Waals surface area (Å²) in [6.45, 7) is 7.21. The summed E-state index contributed by atoms with van der Waals surface area (Å²) in [7, 11) is 0. The van der Waals surface area contributed by atoms with Crippen molar-refractivity contribution in [3.05, 3.63) is 64.2 Å². The molecular formula is C20H23N3O5. The molecule has 8 nitrogen and oxygen atoms in total. The van der Waals surface area contributed by atoms with Crippen molar-refractivity contribution in [3.63, 3.8) is 0 Å². The quantitative estimate of drug-likeness (QED) is 0.584. The Morgan fingerprint density at radius 1 is 1.11 bits per heavy atom. The van der Waals surface area contributed by atoms with Crippen LogP contribution in [0.15, 0.2) is 48.5 Å². The highest BCUT2D eigenvalue weighted by Crippen LogP contribution is 2.19. The van der Waals surface area contributed by atoms with Crippen molar-refractivity contribution in [3.8, 4) is 5.75 Å². The van der Waals surface area contributed by atoms with Crippen LogP contribution >= 0.6 is 0 Å². The highest BCUT2D eigenvalue weighted by Gasteiger charge is 2.18. The largest absolute Gasteiger partial charge is 0.481 e. The molecule has 2 amide bonds. The van der Waals surface area contributed by atoms with Crippen LogP contribution in [-0.4, -0.2) is 28.4 Å². The minimum Gasteiger partial charge on any atom is -0.481 e. The Balaban J connectivity index is 2.00. The molecule has 2 aromatic rings. The van der Waals surface area contributed by atoms with Gasteiger partial charge in [-0.15, -0.1) is 0 Å². The van der Waals surface area contributed by atoms with Gasteiger partial charge in [0.15, 0.2) is 6.10 Å². The molecule has 0 saturated heterocycles. The zero-order valence-electron chi connectivity index (χ0n) is 16.2. The van der Waals surface area contributed by atoms with E-state index in [0.29, 0.717) is 17.0 Å². The number of carbonyl (C=O) groups excluding carboxylic acids is 2. The number of benzene rings is 2. The number of nitro groups is 1. The monoisotopic (exact) mass is 385 g/mol. The lowest BCUT2D eigenvalue weighted by Crippen LogP contribution is -2.40. The van der Waals surface area contributed by atoms with E-state index in [2.05, 4.69) is 10.6 Å². The molecule has 0 aliphatic carbocycles. The maximum absolute atomic E-state index is 12.4. The number of hydrogen-bond donors (Lipinski definition) is 2. The van der Waals surface area contributed by atoms with Gasteiger partial charge in [0.1, 0.15) is 5.75 Å². The lowest BCUT2D eigenvalue weighted by atomic mass is 10.1. The van der Waals surface area contributed by atoms with Gasteiger partial charge in [0.2, 0.25) is 0 Å². The van der Waals surface area contributed by atoms with Crippen molar-refractivity contribution in [1.29, 1.82) is 0 Å². The van der Waals surface area contributed by atoms with Gasteiger partial charge in [-0.2, -0.15) is 0 Å². The molecule has 2 aromatic carbocycles. The Labute approximate surface area is 163 Å². The fourth-order valence-electron chi connectivity index (χ4n) is 2.30. The summed E-state index contributed by atoms with van der Waals surface area (Å²) in [5.41, 5.74) is 0.459. The number of non-ortho nitro benzene ring substituents is 1. The summed E-state index contributed by atoms with van der Waals surface area (Å²) < 4.78 is 5.51. The molecule has 2 rings (SSSR count). The number of rotatable bonds is 6. The van der Waals surface area contributed by atoms with Crippen LogP contribution in [0.25, 0.3) is 0 Å². The zero-order valence-corrected chi connectivity index (χ0v) is 16.2. The Hall–Kier alpha value is -3.42. The molecule has 0 heterocycles. The molecule has 0 spiro atoms. The third-order valence-electron chi connectivity index (χ3n) is 3.61. The fraction of sp³-hybridized carbons (Fsp3) is 0.300.